The van der Waals surface area contributed by atoms with Crippen LogP contribution in [-0.2, 0) is 9.53 Å². The minimum absolute atomic E-state index is 0.0271. The van der Waals surface area contributed by atoms with Crippen LogP contribution in [0.15, 0.2) is 6.07 Å². The average molecular weight is 382 g/mol. The molecule has 1 heterocycles. The molecule has 0 fully saturated rings. The van der Waals surface area contributed by atoms with Crippen molar-refractivity contribution in [1.29, 1.82) is 0 Å². The molecule has 112 valence electrons. The molecule has 0 saturated carbocycles. The number of nitrogens with zero attached hydrogens (tertiary/aromatic N) is 1. The number of halogens is 5. The van der Waals surface area contributed by atoms with Gasteiger partial charge in [-0.2, -0.15) is 4.98 Å². The van der Waals surface area contributed by atoms with Crippen LogP contribution in [0.5, 0.6) is 5.88 Å². The van der Waals surface area contributed by atoms with Gasteiger partial charge in [0.1, 0.15) is 10.8 Å². The summed E-state index contributed by atoms with van der Waals surface area (Å²) in [6, 6.07) is 1.31. The number of pyridine rings is 1. The van der Waals surface area contributed by atoms with Crippen LogP contribution >= 0.6 is 58.0 Å². The number of aromatic nitrogens is 1. The molecule has 1 aromatic heterocycles. The van der Waals surface area contributed by atoms with E-state index in [2.05, 4.69) is 9.72 Å². The number of ether oxygens (including phenoxy) is 2. The molecular weight excluding hydrogens is 373 g/mol. The Morgan fingerprint density at radius 2 is 1.85 bits per heavy atom. The second kappa shape index (κ2) is 6.20. The minimum Gasteiger partial charge on any atom is -0.447 e. The van der Waals surface area contributed by atoms with E-state index < -0.39 is 15.5 Å². The van der Waals surface area contributed by atoms with Crippen LogP contribution in [0.25, 0.3) is 0 Å². The summed E-state index contributed by atoms with van der Waals surface area (Å²) in [5.74, 6) is -0.940. The van der Waals surface area contributed by atoms with Gasteiger partial charge in [-0.05, 0) is 13.0 Å². The monoisotopic (exact) mass is 380 g/mol. The highest BCUT2D eigenvalue weighted by atomic mass is 35.5. The quantitative estimate of drug-likeness (QED) is 0.629. The van der Waals surface area contributed by atoms with Gasteiger partial charge in [0, 0.05) is 6.92 Å². The molecule has 0 radical (unpaired) electrons. The fourth-order valence-electron chi connectivity index (χ4n) is 1.05. The van der Waals surface area contributed by atoms with E-state index in [0.29, 0.717) is 0 Å². The number of carbonyl (C=O) groups excluding carboxylic acids is 1. The van der Waals surface area contributed by atoms with Crippen LogP contribution in [0, 0.1) is 0 Å². The Labute approximate surface area is 140 Å². The fraction of sp³-hybridized carbons (Fsp3) is 0.400. The van der Waals surface area contributed by atoms with E-state index >= 15 is 0 Å². The highest BCUT2D eigenvalue weighted by molar-refractivity contribution is 6.52. The normalized spacial score (nSPS) is 14.6. The van der Waals surface area contributed by atoms with Crippen molar-refractivity contribution < 1.29 is 14.3 Å². The zero-order chi connectivity index (χ0) is 15.7. The first-order valence-corrected chi connectivity index (χ1v) is 6.92. The number of alkyl halides is 3. The van der Waals surface area contributed by atoms with Gasteiger partial charge in [-0.25, -0.2) is 0 Å². The zero-order valence-corrected chi connectivity index (χ0v) is 14.0. The Morgan fingerprint density at radius 1 is 1.30 bits per heavy atom. The topological polar surface area (TPSA) is 74.4 Å². The number of carbonyl (C=O) groups is 1. The lowest BCUT2D eigenvalue weighted by molar-refractivity contribution is -0.150. The van der Waals surface area contributed by atoms with Gasteiger partial charge >= 0.3 is 10.5 Å². The Bertz CT molecular complexity index is 536. The molecule has 0 bridgehead atoms. The molecule has 5 nitrogen and oxygen atoms in total. The third kappa shape index (κ3) is 4.09. The molecule has 10 heteroatoms. The molecule has 0 spiro atoms. The first-order chi connectivity index (χ1) is 8.96. The van der Waals surface area contributed by atoms with Crippen molar-refractivity contribution in [3.05, 3.63) is 16.1 Å². The van der Waals surface area contributed by atoms with Gasteiger partial charge in [0.2, 0.25) is 10.9 Å². The predicted molar refractivity (Wildman–Crippen MR) is 79.8 cm³/mol. The molecule has 0 aromatic carbocycles. The van der Waals surface area contributed by atoms with E-state index in [1.54, 1.807) is 0 Å². The number of nitrogen functional groups attached to an aromatic ring is 1. The van der Waals surface area contributed by atoms with Gasteiger partial charge in [-0.1, -0.05) is 58.0 Å². The van der Waals surface area contributed by atoms with Crippen molar-refractivity contribution in [2.75, 3.05) is 5.73 Å². The molecule has 0 aliphatic carbocycles. The first-order valence-electron chi connectivity index (χ1n) is 5.03. The maximum Gasteiger partial charge on any atom is 0.315 e. The lowest BCUT2D eigenvalue weighted by atomic mass is 10.4. The average Bonchev–Trinajstić information content (AvgIpc) is 2.23. The maximum absolute atomic E-state index is 10.9. The van der Waals surface area contributed by atoms with E-state index in [1.165, 1.54) is 13.0 Å². The summed E-state index contributed by atoms with van der Waals surface area (Å²) in [5.41, 5.74) is 5.52. The Morgan fingerprint density at radius 3 is 2.35 bits per heavy atom. The van der Waals surface area contributed by atoms with E-state index in [4.69, 9.17) is 68.5 Å². The number of nitrogens with two attached hydrogens (primary N) is 1. The lowest BCUT2D eigenvalue weighted by Crippen LogP contribution is -2.46. The Kier molecular flexibility index (Phi) is 5.49. The van der Waals surface area contributed by atoms with Crippen LogP contribution < -0.4 is 10.5 Å². The van der Waals surface area contributed by atoms with Gasteiger partial charge in [-0.15, -0.1) is 0 Å². The number of anilines is 1. The summed E-state index contributed by atoms with van der Waals surface area (Å²) in [7, 11) is 0. The van der Waals surface area contributed by atoms with Crippen molar-refractivity contribution in [2.45, 2.75) is 23.4 Å². The first kappa shape index (κ1) is 17.7. The van der Waals surface area contributed by atoms with Gasteiger partial charge in [0.05, 0.1) is 5.02 Å². The number of esters is 1. The third-order valence-corrected chi connectivity index (χ3v) is 3.99. The molecule has 2 N–H and O–H groups in total. The minimum atomic E-state index is -2.18. The van der Waals surface area contributed by atoms with Crippen LogP contribution in [0.4, 0.5) is 5.82 Å². The molecule has 1 aromatic rings. The van der Waals surface area contributed by atoms with Crippen molar-refractivity contribution in [3.8, 4) is 5.88 Å². The van der Waals surface area contributed by atoms with E-state index in [0.717, 1.165) is 6.92 Å². The van der Waals surface area contributed by atoms with Crippen molar-refractivity contribution in [1.82, 2.24) is 4.98 Å². The highest BCUT2D eigenvalue weighted by Crippen LogP contribution is 2.43. The lowest BCUT2D eigenvalue weighted by Gasteiger charge is -2.33. The number of hydrogen-bond donors (Lipinski definition) is 1. The molecule has 1 atom stereocenters. The molecule has 0 aliphatic heterocycles. The molecule has 20 heavy (non-hydrogen) atoms. The molecule has 1 unspecified atom stereocenters. The molecular formula is C10H9Cl5N2O3. The van der Waals surface area contributed by atoms with Crippen molar-refractivity contribution >= 4 is 69.8 Å². The molecule has 0 aliphatic rings. The van der Waals surface area contributed by atoms with Gasteiger partial charge in [0.15, 0.2) is 0 Å². The van der Waals surface area contributed by atoms with Crippen LogP contribution in [0.2, 0.25) is 10.0 Å². The molecule has 0 amide bonds. The molecule has 0 saturated heterocycles. The summed E-state index contributed by atoms with van der Waals surface area (Å²) in [4.78, 5) is 14.7. The van der Waals surface area contributed by atoms with E-state index in [-0.39, 0.29) is 21.7 Å². The van der Waals surface area contributed by atoms with Gasteiger partial charge < -0.3 is 15.2 Å². The predicted octanol–water partition coefficient (Wildman–Crippen LogP) is 4.00. The SMILES string of the molecule is CC(=O)OC(Cl)(Cl)C(C)(Cl)Oc1nc(N)c(Cl)cc1Cl. The summed E-state index contributed by atoms with van der Waals surface area (Å²) in [6.45, 7) is 2.37. The summed E-state index contributed by atoms with van der Waals surface area (Å²) < 4.78 is 7.77. The van der Waals surface area contributed by atoms with Crippen LogP contribution in [0.3, 0.4) is 0 Å². The number of hydrogen-bond acceptors (Lipinski definition) is 5. The fourth-order valence-corrected chi connectivity index (χ4v) is 1.85. The number of rotatable bonds is 4. The Hall–Kier alpha value is -0.330. The summed E-state index contributed by atoms with van der Waals surface area (Å²) in [6.07, 6.45) is 0. The van der Waals surface area contributed by atoms with Gasteiger partial charge in [0.25, 0.3) is 0 Å². The van der Waals surface area contributed by atoms with Gasteiger partial charge in [-0.3, -0.25) is 4.79 Å². The largest absolute Gasteiger partial charge is 0.447 e. The third-order valence-electron chi connectivity index (χ3n) is 2.00. The highest BCUT2D eigenvalue weighted by Gasteiger charge is 2.51. The second-order valence-electron chi connectivity index (χ2n) is 3.77. The van der Waals surface area contributed by atoms with Crippen LogP contribution in [-0.4, -0.2) is 20.5 Å². The van der Waals surface area contributed by atoms with E-state index in [9.17, 15) is 4.79 Å². The van der Waals surface area contributed by atoms with Crippen molar-refractivity contribution in [2.24, 2.45) is 0 Å². The summed E-state index contributed by atoms with van der Waals surface area (Å²) in [5, 5.41) is -1.71. The smallest absolute Gasteiger partial charge is 0.315 e. The molecule has 1 rings (SSSR count). The second-order valence-corrected chi connectivity index (χ2v) is 6.57. The maximum atomic E-state index is 10.9. The zero-order valence-electron chi connectivity index (χ0n) is 10.2. The standard InChI is InChI=1S/C10H9Cl5N2O3/c1-4(18)19-10(14,15)9(2,13)20-8-6(12)3-5(11)7(16)17-8/h3H,1-2H3,(H2,16,17). The summed E-state index contributed by atoms with van der Waals surface area (Å²) >= 11 is 29.3. The Balaban J connectivity index is 3.07. The van der Waals surface area contributed by atoms with E-state index in [1.807, 2.05) is 0 Å². The van der Waals surface area contributed by atoms with Crippen LogP contribution in [0.1, 0.15) is 13.8 Å². The van der Waals surface area contributed by atoms with Crippen molar-refractivity contribution in [3.63, 3.8) is 0 Å².